The second-order valence-corrected chi connectivity index (χ2v) is 8.83. The van der Waals surface area contributed by atoms with Crippen LogP contribution in [0.25, 0.3) is 33.1 Å². The van der Waals surface area contributed by atoms with E-state index in [1.165, 1.54) is 11.1 Å². The van der Waals surface area contributed by atoms with Gasteiger partial charge in [-0.15, -0.1) is 0 Å². The summed E-state index contributed by atoms with van der Waals surface area (Å²) in [6.07, 6.45) is 0. The molecule has 33 heavy (non-hydrogen) atoms. The molecule has 1 heterocycles. The Hall–Kier alpha value is -3.82. The lowest BCUT2D eigenvalue weighted by Crippen LogP contribution is -2.10. The molecule has 2 nitrogen and oxygen atoms in total. The van der Waals surface area contributed by atoms with Crippen molar-refractivity contribution in [2.45, 2.75) is 0 Å². The van der Waals surface area contributed by atoms with Crippen LogP contribution < -0.4 is 4.90 Å². The molecule has 5 aromatic carbocycles. The average molecular weight is 490 g/mol. The first-order valence-electron chi connectivity index (χ1n) is 10.9. The standard InChI is InChI=1S/C30H20BrNO/c31-27-11-5-6-12-28(27)32(23-16-14-22(15-17-23)21-8-2-1-3-9-21)24-18-19-30-26(20-24)25-10-4-7-13-29(25)33-30/h1-20H. The van der Waals surface area contributed by atoms with E-state index in [1.807, 2.05) is 24.3 Å². The predicted octanol–water partition coefficient (Wildman–Crippen LogP) is 9.49. The molecule has 0 unspecified atom stereocenters. The van der Waals surface area contributed by atoms with Crippen LogP contribution in [0.4, 0.5) is 17.1 Å². The Labute approximate surface area is 200 Å². The summed E-state index contributed by atoms with van der Waals surface area (Å²) >= 11 is 3.76. The maximum Gasteiger partial charge on any atom is 0.135 e. The number of para-hydroxylation sites is 2. The van der Waals surface area contributed by atoms with E-state index in [9.17, 15) is 0 Å². The van der Waals surface area contributed by atoms with E-state index in [0.29, 0.717) is 0 Å². The van der Waals surface area contributed by atoms with E-state index in [-0.39, 0.29) is 0 Å². The van der Waals surface area contributed by atoms with Crippen molar-refractivity contribution in [2.24, 2.45) is 0 Å². The quantitative estimate of drug-likeness (QED) is 0.245. The minimum atomic E-state index is 0.895. The number of halogens is 1. The summed E-state index contributed by atoms with van der Waals surface area (Å²) < 4.78 is 7.10. The average Bonchev–Trinajstić information content (AvgIpc) is 3.24. The van der Waals surface area contributed by atoms with Gasteiger partial charge in [0.25, 0.3) is 0 Å². The van der Waals surface area contributed by atoms with Gasteiger partial charge in [-0.3, -0.25) is 0 Å². The van der Waals surface area contributed by atoms with Gasteiger partial charge < -0.3 is 9.32 Å². The van der Waals surface area contributed by atoms with Gasteiger partial charge in [-0.05, 0) is 75.6 Å². The third-order valence-corrected chi connectivity index (χ3v) is 6.62. The van der Waals surface area contributed by atoms with Crippen LogP contribution >= 0.6 is 15.9 Å². The topological polar surface area (TPSA) is 16.4 Å². The molecule has 158 valence electrons. The van der Waals surface area contributed by atoms with Gasteiger partial charge in [-0.2, -0.15) is 0 Å². The number of anilines is 3. The fraction of sp³-hybridized carbons (Fsp3) is 0. The molecule has 0 aliphatic heterocycles. The zero-order valence-electron chi connectivity index (χ0n) is 17.8. The van der Waals surface area contributed by atoms with Gasteiger partial charge in [0.2, 0.25) is 0 Å². The number of fused-ring (bicyclic) bond motifs is 3. The molecule has 0 fully saturated rings. The molecule has 0 saturated carbocycles. The zero-order chi connectivity index (χ0) is 22.2. The molecule has 3 heteroatoms. The van der Waals surface area contributed by atoms with Gasteiger partial charge in [0, 0.05) is 26.6 Å². The van der Waals surface area contributed by atoms with Gasteiger partial charge in [0.1, 0.15) is 11.2 Å². The summed E-state index contributed by atoms with van der Waals surface area (Å²) in [5, 5.41) is 2.24. The molecule has 0 amide bonds. The van der Waals surface area contributed by atoms with Gasteiger partial charge >= 0.3 is 0 Å². The lowest BCUT2D eigenvalue weighted by molar-refractivity contribution is 0.669. The van der Waals surface area contributed by atoms with E-state index >= 15 is 0 Å². The lowest BCUT2D eigenvalue weighted by atomic mass is 10.0. The minimum Gasteiger partial charge on any atom is -0.456 e. The fourth-order valence-corrected chi connectivity index (χ4v) is 4.81. The summed E-state index contributed by atoms with van der Waals surface area (Å²) in [5.74, 6) is 0. The summed E-state index contributed by atoms with van der Waals surface area (Å²) in [6.45, 7) is 0. The zero-order valence-corrected chi connectivity index (χ0v) is 19.4. The third-order valence-electron chi connectivity index (χ3n) is 5.94. The van der Waals surface area contributed by atoms with E-state index in [4.69, 9.17) is 4.42 Å². The van der Waals surface area contributed by atoms with E-state index in [1.54, 1.807) is 0 Å². The van der Waals surface area contributed by atoms with Crippen molar-refractivity contribution in [2.75, 3.05) is 4.90 Å². The second-order valence-electron chi connectivity index (χ2n) is 7.98. The molecule has 6 aromatic rings. The molecule has 6 rings (SSSR count). The highest BCUT2D eigenvalue weighted by Crippen LogP contribution is 2.41. The summed E-state index contributed by atoms with van der Waals surface area (Å²) in [7, 11) is 0. The van der Waals surface area contributed by atoms with Gasteiger partial charge in [-0.25, -0.2) is 0 Å². The summed E-state index contributed by atoms with van der Waals surface area (Å²) in [5.41, 5.74) is 7.46. The third kappa shape index (κ3) is 3.61. The highest BCUT2D eigenvalue weighted by Gasteiger charge is 2.17. The Morgan fingerprint density at radius 3 is 1.97 bits per heavy atom. The molecule has 0 saturated heterocycles. The Bertz CT molecular complexity index is 1570. The first-order chi connectivity index (χ1) is 16.3. The largest absolute Gasteiger partial charge is 0.456 e. The summed E-state index contributed by atoms with van der Waals surface area (Å²) in [6, 6.07) is 42.1. The molecule has 0 radical (unpaired) electrons. The molecule has 0 N–H and O–H groups in total. The van der Waals surface area contributed by atoms with Crippen LogP contribution in [0, 0.1) is 0 Å². The Morgan fingerprint density at radius 2 is 1.15 bits per heavy atom. The molecule has 0 aliphatic carbocycles. The van der Waals surface area contributed by atoms with Gasteiger partial charge in [0.05, 0.1) is 5.69 Å². The molecule has 0 spiro atoms. The SMILES string of the molecule is Brc1ccccc1N(c1ccc(-c2ccccc2)cc1)c1ccc2oc3ccccc3c2c1. The van der Waals surface area contributed by atoms with Crippen molar-refractivity contribution in [1.29, 1.82) is 0 Å². The van der Waals surface area contributed by atoms with Crippen molar-refractivity contribution in [3.05, 3.63) is 126 Å². The Morgan fingerprint density at radius 1 is 0.515 bits per heavy atom. The van der Waals surface area contributed by atoms with E-state index < -0.39 is 0 Å². The number of rotatable bonds is 4. The first kappa shape index (κ1) is 19.8. The first-order valence-corrected chi connectivity index (χ1v) is 11.7. The monoisotopic (exact) mass is 489 g/mol. The van der Waals surface area contributed by atoms with Crippen LogP contribution in [-0.4, -0.2) is 0 Å². The van der Waals surface area contributed by atoms with Crippen LogP contribution in [0.1, 0.15) is 0 Å². The van der Waals surface area contributed by atoms with Crippen molar-refractivity contribution in [3.63, 3.8) is 0 Å². The normalized spacial score (nSPS) is 11.2. The maximum absolute atomic E-state index is 6.06. The van der Waals surface area contributed by atoms with Crippen molar-refractivity contribution in [3.8, 4) is 11.1 Å². The molecule has 0 aliphatic rings. The highest BCUT2D eigenvalue weighted by atomic mass is 79.9. The Balaban J connectivity index is 1.52. The number of hydrogen-bond donors (Lipinski definition) is 0. The summed E-state index contributed by atoms with van der Waals surface area (Å²) in [4.78, 5) is 2.28. The van der Waals surface area contributed by atoms with Crippen LogP contribution in [0.3, 0.4) is 0 Å². The molecular weight excluding hydrogens is 470 g/mol. The number of benzene rings is 5. The van der Waals surface area contributed by atoms with Crippen molar-refractivity contribution >= 4 is 54.9 Å². The van der Waals surface area contributed by atoms with Crippen LogP contribution in [0.5, 0.6) is 0 Å². The van der Waals surface area contributed by atoms with Crippen LogP contribution in [0.2, 0.25) is 0 Å². The molecular formula is C30H20BrNO. The molecule has 1 aromatic heterocycles. The molecule has 0 bridgehead atoms. The van der Waals surface area contributed by atoms with Crippen LogP contribution in [0.15, 0.2) is 130 Å². The number of furan rings is 1. The lowest BCUT2D eigenvalue weighted by Gasteiger charge is -2.26. The highest BCUT2D eigenvalue weighted by molar-refractivity contribution is 9.10. The predicted molar refractivity (Wildman–Crippen MR) is 142 cm³/mol. The van der Waals surface area contributed by atoms with Gasteiger partial charge in [0.15, 0.2) is 0 Å². The van der Waals surface area contributed by atoms with Crippen LogP contribution in [-0.2, 0) is 0 Å². The smallest absolute Gasteiger partial charge is 0.135 e. The Kier molecular flexibility index (Phi) is 4.97. The second kappa shape index (κ2) is 8.27. The minimum absolute atomic E-state index is 0.895. The molecule has 0 atom stereocenters. The fourth-order valence-electron chi connectivity index (χ4n) is 4.35. The number of nitrogens with zero attached hydrogens (tertiary/aromatic N) is 1. The van der Waals surface area contributed by atoms with Crippen molar-refractivity contribution in [1.82, 2.24) is 0 Å². The van der Waals surface area contributed by atoms with E-state index in [0.717, 1.165) is 43.5 Å². The maximum atomic E-state index is 6.06. The van der Waals surface area contributed by atoms with Crippen molar-refractivity contribution < 1.29 is 4.42 Å². The van der Waals surface area contributed by atoms with E-state index in [2.05, 4.69) is 118 Å². The number of hydrogen-bond acceptors (Lipinski definition) is 2. The van der Waals surface area contributed by atoms with Gasteiger partial charge in [-0.1, -0.05) is 72.8 Å².